The van der Waals surface area contributed by atoms with Crippen molar-refractivity contribution < 1.29 is 22.1 Å². The number of hydrogen-bond acceptors (Lipinski definition) is 6. The van der Waals surface area contributed by atoms with Crippen LogP contribution in [0.1, 0.15) is 18.6 Å². The Morgan fingerprint density at radius 2 is 2.00 bits per heavy atom. The third-order valence-corrected chi connectivity index (χ3v) is 3.21. The van der Waals surface area contributed by atoms with Crippen molar-refractivity contribution in [3.8, 4) is 0 Å². The summed E-state index contributed by atoms with van der Waals surface area (Å²) in [7, 11) is -4.01. The van der Waals surface area contributed by atoms with Crippen LogP contribution in [0.5, 0.6) is 0 Å². The first-order valence-corrected chi connectivity index (χ1v) is 7.16. The van der Waals surface area contributed by atoms with Crippen LogP contribution in [0.15, 0.2) is 24.3 Å². The Labute approximate surface area is 111 Å². The maximum atomic E-state index is 10.8. The molecule has 7 nitrogen and oxygen atoms in total. The summed E-state index contributed by atoms with van der Waals surface area (Å²) in [6, 6.07) is 7.15. The molecule has 0 radical (unpaired) electrons. The van der Waals surface area contributed by atoms with E-state index in [-0.39, 0.29) is 6.61 Å². The topological polar surface area (TPSA) is 114 Å². The number of rotatable bonds is 4. The second-order valence-electron chi connectivity index (χ2n) is 4.21. The van der Waals surface area contributed by atoms with Crippen molar-refractivity contribution in [2.24, 2.45) is 5.14 Å². The molecule has 1 fully saturated rings. The monoisotopic (exact) mass is 288 g/mol. The summed E-state index contributed by atoms with van der Waals surface area (Å²) < 4.78 is 37.2. The van der Waals surface area contributed by atoms with Gasteiger partial charge < -0.3 is 15.2 Å². The van der Waals surface area contributed by atoms with Gasteiger partial charge in [0.2, 0.25) is 0 Å². The summed E-state index contributed by atoms with van der Waals surface area (Å²) in [5.41, 5.74) is 7.15. The van der Waals surface area contributed by atoms with Crippen molar-refractivity contribution in [3.63, 3.8) is 0 Å². The van der Waals surface area contributed by atoms with Gasteiger partial charge in [-0.15, -0.1) is 0 Å². The highest BCUT2D eigenvalue weighted by Gasteiger charge is 2.36. The van der Waals surface area contributed by atoms with Crippen LogP contribution in [0.3, 0.4) is 0 Å². The molecule has 106 valence electrons. The lowest BCUT2D eigenvalue weighted by Crippen LogP contribution is -2.27. The number of anilines is 1. The van der Waals surface area contributed by atoms with Crippen molar-refractivity contribution in [1.82, 2.24) is 0 Å². The summed E-state index contributed by atoms with van der Waals surface area (Å²) in [4.78, 5) is 0. The molecule has 0 spiro atoms. The zero-order valence-electron chi connectivity index (χ0n) is 10.4. The number of para-hydroxylation sites is 1. The molecule has 2 rings (SSSR count). The maximum absolute atomic E-state index is 10.8. The molecule has 0 saturated carbocycles. The van der Waals surface area contributed by atoms with Gasteiger partial charge in [-0.2, -0.15) is 8.42 Å². The van der Waals surface area contributed by atoms with Gasteiger partial charge in [0.15, 0.2) is 6.29 Å². The Morgan fingerprint density at radius 1 is 1.32 bits per heavy atom. The van der Waals surface area contributed by atoms with Crippen LogP contribution in [0, 0.1) is 0 Å². The molecule has 1 saturated heterocycles. The predicted octanol–water partition coefficient (Wildman–Crippen LogP) is 0.291. The van der Waals surface area contributed by atoms with E-state index in [1.54, 1.807) is 25.1 Å². The molecule has 0 aliphatic carbocycles. The van der Waals surface area contributed by atoms with E-state index in [1.807, 2.05) is 6.07 Å². The maximum Gasteiger partial charge on any atom is 0.333 e. The average Bonchev–Trinajstić information content (AvgIpc) is 2.67. The Balaban J connectivity index is 2.16. The third-order valence-electron chi connectivity index (χ3n) is 2.74. The van der Waals surface area contributed by atoms with E-state index in [9.17, 15) is 8.42 Å². The first-order valence-electron chi connectivity index (χ1n) is 5.69. The first-order chi connectivity index (χ1) is 8.87. The van der Waals surface area contributed by atoms with Gasteiger partial charge in [-0.3, -0.25) is 4.18 Å². The van der Waals surface area contributed by atoms with Crippen LogP contribution in [0.2, 0.25) is 0 Å². The van der Waals surface area contributed by atoms with E-state index >= 15 is 0 Å². The van der Waals surface area contributed by atoms with E-state index in [2.05, 4.69) is 4.18 Å². The van der Waals surface area contributed by atoms with E-state index in [0.717, 1.165) is 5.56 Å². The van der Waals surface area contributed by atoms with Crippen molar-refractivity contribution in [2.45, 2.75) is 25.4 Å². The number of hydrogen-bond donors (Lipinski definition) is 2. The number of nitrogen functional groups attached to an aromatic ring is 1. The molecule has 0 bridgehead atoms. The molecule has 4 N–H and O–H groups in total. The summed E-state index contributed by atoms with van der Waals surface area (Å²) >= 11 is 0. The lowest BCUT2D eigenvalue weighted by molar-refractivity contribution is -0.0549. The predicted molar refractivity (Wildman–Crippen MR) is 68.1 cm³/mol. The van der Waals surface area contributed by atoms with E-state index in [4.69, 9.17) is 20.3 Å². The molecule has 0 amide bonds. The lowest BCUT2D eigenvalue weighted by atomic mass is 10.0. The molecule has 3 atom stereocenters. The molecule has 1 aliphatic rings. The Kier molecular flexibility index (Phi) is 4.07. The van der Waals surface area contributed by atoms with Crippen molar-refractivity contribution in [1.29, 1.82) is 0 Å². The van der Waals surface area contributed by atoms with Crippen LogP contribution in [0.4, 0.5) is 5.69 Å². The van der Waals surface area contributed by atoms with Gasteiger partial charge in [-0.1, -0.05) is 18.2 Å². The second-order valence-corrected chi connectivity index (χ2v) is 5.43. The van der Waals surface area contributed by atoms with Crippen LogP contribution in [-0.2, 0) is 24.0 Å². The van der Waals surface area contributed by atoms with Crippen molar-refractivity contribution in [3.05, 3.63) is 29.8 Å². The van der Waals surface area contributed by atoms with Crippen LogP contribution in [0.25, 0.3) is 0 Å². The molecule has 19 heavy (non-hydrogen) atoms. The van der Waals surface area contributed by atoms with E-state index in [1.165, 1.54) is 0 Å². The van der Waals surface area contributed by atoms with Crippen LogP contribution in [-0.4, -0.2) is 27.4 Å². The summed E-state index contributed by atoms with van der Waals surface area (Å²) in [5, 5.41) is 4.79. The van der Waals surface area contributed by atoms with Gasteiger partial charge >= 0.3 is 10.3 Å². The number of nitrogens with two attached hydrogens (primary N) is 2. The standard InChI is InChI=1S/C11H16N2O5S/c1-7-17-10(6-16-19(13,14)15)11(18-7)8-4-2-3-5-9(8)12/h2-5,7,10-11H,6,12H2,1H3,(H2,13,14,15). The fraction of sp³-hybridized carbons (Fsp3) is 0.455. The van der Waals surface area contributed by atoms with Crippen LogP contribution < -0.4 is 10.9 Å². The van der Waals surface area contributed by atoms with Crippen molar-refractivity contribution in [2.75, 3.05) is 12.3 Å². The minimum atomic E-state index is -4.01. The summed E-state index contributed by atoms with van der Waals surface area (Å²) in [5.74, 6) is 0. The average molecular weight is 288 g/mol. The zero-order valence-corrected chi connectivity index (χ0v) is 11.2. The fourth-order valence-electron chi connectivity index (χ4n) is 1.98. The first kappa shape index (κ1) is 14.2. The van der Waals surface area contributed by atoms with Crippen LogP contribution >= 0.6 is 0 Å². The molecule has 1 heterocycles. The molecule has 1 aromatic rings. The Hall–Kier alpha value is -1.19. The van der Waals surface area contributed by atoms with E-state index < -0.39 is 28.8 Å². The van der Waals surface area contributed by atoms with Gasteiger partial charge in [0.25, 0.3) is 0 Å². The second kappa shape index (κ2) is 5.43. The minimum absolute atomic E-state index is 0.220. The highest BCUT2D eigenvalue weighted by atomic mass is 32.2. The minimum Gasteiger partial charge on any atom is -0.398 e. The number of ether oxygens (including phenoxy) is 2. The van der Waals surface area contributed by atoms with Gasteiger partial charge in [-0.25, -0.2) is 5.14 Å². The quantitative estimate of drug-likeness (QED) is 0.770. The molecule has 1 aliphatic heterocycles. The fourth-order valence-corrected chi connectivity index (χ4v) is 2.30. The normalized spacial score (nSPS) is 27.6. The largest absolute Gasteiger partial charge is 0.398 e. The highest BCUT2D eigenvalue weighted by molar-refractivity contribution is 7.84. The van der Waals surface area contributed by atoms with Gasteiger partial charge in [0.1, 0.15) is 12.2 Å². The summed E-state index contributed by atoms with van der Waals surface area (Å²) in [6.45, 7) is 1.49. The molecule has 3 unspecified atom stereocenters. The summed E-state index contributed by atoms with van der Waals surface area (Å²) in [6.07, 6.45) is -1.55. The lowest BCUT2D eigenvalue weighted by Gasteiger charge is -2.18. The Morgan fingerprint density at radius 3 is 2.63 bits per heavy atom. The molecule has 1 aromatic carbocycles. The molecule has 0 aromatic heterocycles. The third kappa shape index (κ3) is 3.64. The Bertz CT molecular complexity index is 548. The zero-order chi connectivity index (χ0) is 14.0. The van der Waals surface area contributed by atoms with Gasteiger partial charge in [0, 0.05) is 11.3 Å². The van der Waals surface area contributed by atoms with Crippen molar-refractivity contribution >= 4 is 16.0 Å². The van der Waals surface area contributed by atoms with E-state index in [0.29, 0.717) is 5.69 Å². The smallest absolute Gasteiger partial charge is 0.333 e. The van der Waals surface area contributed by atoms with Gasteiger partial charge in [0.05, 0.1) is 6.61 Å². The molecule has 8 heteroatoms. The highest BCUT2D eigenvalue weighted by Crippen LogP contribution is 2.35. The SMILES string of the molecule is CC1OC(COS(N)(=O)=O)C(c2ccccc2N)O1. The number of benzene rings is 1. The molecular formula is C11H16N2O5S. The molecular weight excluding hydrogens is 272 g/mol. The van der Waals surface area contributed by atoms with Gasteiger partial charge in [-0.05, 0) is 13.0 Å².